The second-order valence-corrected chi connectivity index (χ2v) is 4.22. The van der Waals surface area contributed by atoms with Crippen LogP contribution in [0.15, 0.2) is 30.9 Å². The summed E-state index contributed by atoms with van der Waals surface area (Å²) < 4.78 is 0. The summed E-state index contributed by atoms with van der Waals surface area (Å²) in [6.45, 7) is 4.17. The molecule has 1 aliphatic heterocycles. The second-order valence-electron chi connectivity index (χ2n) is 4.22. The standard InChI is InChI=1S/C14H16N2O2/c1-3-8-16-12-6-4-11(14(18)15-2)9-10(12)5-7-13(16)17/h3-4,6,9H,1,5,7-8H2,2H3,(H,15,18). The van der Waals surface area contributed by atoms with Gasteiger partial charge in [0.05, 0.1) is 0 Å². The van der Waals surface area contributed by atoms with Gasteiger partial charge in [-0.15, -0.1) is 6.58 Å². The maximum atomic E-state index is 11.8. The predicted molar refractivity (Wildman–Crippen MR) is 70.7 cm³/mol. The van der Waals surface area contributed by atoms with Crippen LogP contribution in [0.5, 0.6) is 0 Å². The fraction of sp³-hybridized carbons (Fsp3) is 0.286. The Hall–Kier alpha value is -2.10. The number of nitrogens with one attached hydrogen (secondary N) is 1. The van der Waals surface area contributed by atoms with Gasteiger partial charge in [0, 0.05) is 31.3 Å². The van der Waals surface area contributed by atoms with Crippen molar-refractivity contribution >= 4 is 17.5 Å². The van der Waals surface area contributed by atoms with Gasteiger partial charge in [0.15, 0.2) is 0 Å². The molecule has 0 bridgehead atoms. The number of carbonyl (C=O) groups is 2. The highest BCUT2D eigenvalue weighted by molar-refractivity contribution is 5.99. The predicted octanol–water partition coefficient (Wildman–Crippen LogP) is 1.51. The summed E-state index contributed by atoms with van der Waals surface area (Å²) in [6, 6.07) is 5.43. The van der Waals surface area contributed by atoms with Crippen molar-refractivity contribution in [3.05, 3.63) is 42.0 Å². The first-order chi connectivity index (χ1) is 8.67. The van der Waals surface area contributed by atoms with E-state index in [1.807, 2.05) is 12.1 Å². The molecule has 0 saturated heterocycles. The average Bonchev–Trinajstić information content (AvgIpc) is 2.40. The van der Waals surface area contributed by atoms with Gasteiger partial charge in [-0.1, -0.05) is 6.08 Å². The Morgan fingerprint density at radius 1 is 1.50 bits per heavy atom. The Balaban J connectivity index is 2.39. The molecule has 94 valence electrons. The highest BCUT2D eigenvalue weighted by Crippen LogP contribution is 2.28. The molecule has 0 fully saturated rings. The molecule has 2 amide bonds. The molecular weight excluding hydrogens is 228 g/mol. The van der Waals surface area contributed by atoms with Crippen molar-refractivity contribution in [2.45, 2.75) is 12.8 Å². The zero-order valence-electron chi connectivity index (χ0n) is 10.4. The Morgan fingerprint density at radius 3 is 2.94 bits per heavy atom. The zero-order chi connectivity index (χ0) is 13.1. The van der Waals surface area contributed by atoms with Crippen LogP contribution in [0.1, 0.15) is 22.3 Å². The quantitative estimate of drug-likeness (QED) is 0.819. The smallest absolute Gasteiger partial charge is 0.251 e. The molecule has 0 spiro atoms. The van der Waals surface area contributed by atoms with Crippen LogP contribution >= 0.6 is 0 Å². The summed E-state index contributed by atoms with van der Waals surface area (Å²) in [5, 5.41) is 2.60. The molecular formula is C14H16N2O2. The maximum Gasteiger partial charge on any atom is 0.251 e. The minimum atomic E-state index is -0.107. The second kappa shape index (κ2) is 5.04. The van der Waals surface area contributed by atoms with Gasteiger partial charge in [-0.2, -0.15) is 0 Å². The van der Waals surface area contributed by atoms with Crippen LogP contribution in [0.2, 0.25) is 0 Å². The Morgan fingerprint density at radius 2 is 2.28 bits per heavy atom. The highest BCUT2D eigenvalue weighted by Gasteiger charge is 2.23. The lowest BCUT2D eigenvalue weighted by molar-refractivity contribution is -0.118. The monoisotopic (exact) mass is 244 g/mol. The Bertz CT molecular complexity index is 509. The minimum absolute atomic E-state index is 0.107. The molecule has 0 aromatic heterocycles. The number of carbonyl (C=O) groups excluding carboxylic acids is 2. The van der Waals surface area contributed by atoms with Gasteiger partial charge < -0.3 is 10.2 Å². The Labute approximate surface area is 106 Å². The van der Waals surface area contributed by atoms with E-state index < -0.39 is 0 Å². The number of amides is 2. The molecule has 1 heterocycles. The summed E-state index contributed by atoms with van der Waals surface area (Å²) in [5.74, 6) is 0.0000590. The maximum absolute atomic E-state index is 11.8. The Kier molecular flexibility index (Phi) is 3.46. The van der Waals surface area contributed by atoms with Crippen molar-refractivity contribution in [1.29, 1.82) is 0 Å². The van der Waals surface area contributed by atoms with E-state index in [0.717, 1.165) is 11.3 Å². The molecule has 0 saturated carbocycles. The molecule has 1 aliphatic rings. The highest BCUT2D eigenvalue weighted by atomic mass is 16.2. The third-order valence-corrected chi connectivity index (χ3v) is 3.08. The van der Waals surface area contributed by atoms with Gasteiger partial charge in [-0.05, 0) is 30.2 Å². The number of fused-ring (bicyclic) bond motifs is 1. The van der Waals surface area contributed by atoms with Crippen molar-refractivity contribution in [3.8, 4) is 0 Å². The molecule has 4 heteroatoms. The van der Waals surface area contributed by atoms with E-state index in [1.54, 1.807) is 24.1 Å². The lowest BCUT2D eigenvalue weighted by Gasteiger charge is -2.28. The number of hydrogen-bond donors (Lipinski definition) is 1. The molecule has 1 aromatic carbocycles. The van der Waals surface area contributed by atoms with E-state index in [1.165, 1.54) is 0 Å². The van der Waals surface area contributed by atoms with Gasteiger partial charge in [0.1, 0.15) is 0 Å². The van der Waals surface area contributed by atoms with E-state index in [0.29, 0.717) is 24.9 Å². The van der Waals surface area contributed by atoms with Crippen LogP contribution in [0.25, 0.3) is 0 Å². The van der Waals surface area contributed by atoms with Crippen LogP contribution in [0.3, 0.4) is 0 Å². The first kappa shape index (κ1) is 12.4. The van der Waals surface area contributed by atoms with Gasteiger partial charge in [0.2, 0.25) is 5.91 Å². The molecule has 4 nitrogen and oxygen atoms in total. The van der Waals surface area contributed by atoms with Crippen molar-refractivity contribution in [1.82, 2.24) is 5.32 Å². The summed E-state index contributed by atoms with van der Waals surface area (Å²) >= 11 is 0. The summed E-state index contributed by atoms with van der Waals surface area (Å²) in [6.07, 6.45) is 2.88. The minimum Gasteiger partial charge on any atom is -0.355 e. The van der Waals surface area contributed by atoms with Crippen LogP contribution in [0, 0.1) is 0 Å². The van der Waals surface area contributed by atoms with Crippen LogP contribution in [-0.2, 0) is 11.2 Å². The lowest BCUT2D eigenvalue weighted by atomic mass is 9.98. The largest absolute Gasteiger partial charge is 0.355 e. The van der Waals surface area contributed by atoms with Gasteiger partial charge >= 0.3 is 0 Å². The van der Waals surface area contributed by atoms with Crippen LogP contribution < -0.4 is 10.2 Å². The average molecular weight is 244 g/mol. The van der Waals surface area contributed by atoms with E-state index in [9.17, 15) is 9.59 Å². The molecule has 0 unspecified atom stereocenters. The first-order valence-electron chi connectivity index (χ1n) is 5.93. The molecule has 0 aliphatic carbocycles. The van der Waals surface area contributed by atoms with Crippen molar-refractivity contribution in [2.24, 2.45) is 0 Å². The third-order valence-electron chi connectivity index (χ3n) is 3.08. The molecule has 1 aromatic rings. The molecule has 0 atom stereocenters. The first-order valence-corrected chi connectivity index (χ1v) is 5.93. The fourth-order valence-corrected chi connectivity index (χ4v) is 2.17. The van der Waals surface area contributed by atoms with Gasteiger partial charge in [0.25, 0.3) is 5.91 Å². The number of aryl methyl sites for hydroxylation is 1. The van der Waals surface area contributed by atoms with Crippen molar-refractivity contribution in [2.75, 3.05) is 18.5 Å². The summed E-state index contributed by atoms with van der Waals surface area (Å²) in [5.41, 5.74) is 2.56. The number of hydrogen-bond acceptors (Lipinski definition) is 2. The molecule has 1 N–H and O–H groups in total. The van der Waals surface area contributed by atoms with Gasteiger partial charge in [-0.3, -0.25) is 9.59 Å². The molecule has 18 heavy (non-hydrogen) atoms. The van der Waals surface area contributed by atoms with E-state index >= 15 is 0 Å². The topological polar surface area (TPSA) is 49.4 Å². The van der Waals surface area contributed by atoms with Crippen LogP contribution in [0.4, 0.5) is 5.69 Å². The SMILES string of the molecule is C=CCN1C(=O)CCc2cc(C(=O)NC)ccc21. The number of benzene rings is 1. The molecule has 0 radical (unpaired) electrons. The van der Waals surface area contributed by atoms with E-state index in [4.69, 9.17) is 0 Å². The number of nitrogens with zero attached hydrogens (tertiary/aromatic N) is 1. The van der Waals surface area contributed by atoms with E-state index in [-0.39, 0.29) is 11.8 Å². The van der Waals surface area contributed by atoms with E-state index in [2.05, 4.69) is 11.9 Å². The number of anilines is 1. The fourth-order valence-electron chi connectivity index (χ4n) is 2.17. The summed E-state index contributed by atoms with van der Waals surface area (Å²) in [7, 11) is 1.61. The van der Waals surface area contributed by atoms with Gasteiger partial charge in [-0.25, -0.2) is 0 Å². The third kappa shape index (κ3) is 2.14. The van der Waals surface area contributed by atoms with Crippen molar-refractivity contribution in [3.63, 3.8) is 0 Å². The normalized spacial score (nSPS) is 14.1. The van der Waals surface area contributed by atoms with Crippen LogP contribution in [-0.4, -0.2) is 25.4 Å². The van der Waals surface area contributed by atoms with Crippen molar-refractivity contribution < 1.29 is 9.59 Å². The molecule has 2 rings (SSSR count). The zero-order valence-corrected chi connectivity index (χ0v) is 10.4. The number of rotatable bonds is 3. The summed E-state index contributed by atoms with van der Waals surface area (Å²) in [4.78, 5) is 25.1. The lowest BCUT2D eigenvalue weighted by Crippen LogP contribution is -2.35.